The third-order valence-electron chi connectivity index (χ3n) is 5.65. The molecule has 0 spiro atoms. The second-order valence-corrected chi connectivity index (χ2v) is 7.89. The second kappa shape index (κ2) is 8.32. The summed E-state index contributed by atoms with van der Waals surface area (Å²) in [6.07, 6.45) is 2.44. The molecule has 0 aliphatic carbocycles. The van der Waals surface area contributed by atoms with Gasteiger partial charge in [-0.05, 0) is 57.5 Å². The van der Waals surface area contributed by atoms with Crippen LogP contribution in [0.4, 0.5) is 5.69 Å². The third-order valence-corrected chi connectivity index (χ3v) is 5.65. The predicted molar refractivity (Wildman–Crippen MR) is 103 cm³/mol. The first-order valence-corrected chi connectivity index (χ1v) is 9.23. The van der Waals surface area contributed by atoms with Crippen LogP contribution in [0.2, 0.25) is 0 Å². The van der Waals surface area contributed by atoms with Gasteiger partial charge in [-0.15, -0.1) is 0 Å². The molecule has 1 fully saturated rings. The normalized spacial score (nSPS) is 19.5. The first-order valence-electron chi connectivity index (χ1n) is 9.23. The molecule has 2 rings (SSSR count). The highest BCUT2D eigenvalue weighted by Crippen LogP contribution is 2.25. The number of hydrogen-bond donors (Lipinski definition) is 2. The molecule has 1 aliphatic rings. The van der Waals surface area contributed by atoms with E-state index < -0.39 is 5.60 Å². The Morgan fingerprint density at radius 3 is 2.54 bits per heavy atom. The van der Waals surface area contributed by atoms with E-state index in [0.29, 0.717) is 12.6 Å². The summed E-state index contributed by atoms with van der Waals surface area (Å²) in [6.45, 7) is 9.76. The van der Waals surface area contributed by atoms with Crippen molar-refractivity contribution in [3.8, 4) is 0 Å². The van der Waals surface area contributed by atoms with Crippen molar-refractivity contribution in [3.63, 3.8) is 0 Å². The average molecular weight is 334 g/mol. The van der Waals surface area contributed by atoms with Gasteiger partial charge in [-0.1, -0.05) is 32.0 Å². The number of anilines is 1. The van der Waals surface area contributed by atoms with Crippen molar-refractivity contribution in [1.82, 2.24) is 10.2 Å². The Morgan fingerprint density at radius 1 is 1.29 bits per heavy atom. The molecule has 4 nitrogen and oxygen atoms in total. The maximum atomic E-state index is 10.4. The topological polar surface area (TPSA) is 38.7 Å². The third kappa shape index (κ3) is 4.95. The molecule has 0 radical (unpaired) electrons. The molecule has 1 atom stereocenters. The van der Waals surface area contributed by atoms with E-state index in [-0.39, 0.29) is 5.92 Å². The molecule has 24 heavy (non-hydrogen) atoms. The zero-order valence-corrected chi connectivity index (χ0v) is 16.0. The van der Waals surface area contributed by atoms with E-state index in [1.54, 1.807) is 0 Å². The first kappa shape index (κ1) is 19.2. The summed E-state index contributed by atoms with van der Waals surface area (Å²) < 4.78 is 0. The maximum absolute atomic E-state index is 10.4. The smallest absolute Gasteiger partial charge is 0.0766 e. The van der Waals surface area contributed by atoms with Gasteiger partial charge in [0.25, 0.3) is 0 Å². The monoisotopic (exact) mass is 333 g/mol. The number of nitrogens with zero attached hydrogens (tertiary/aromatic N) is 2. The minimum absolute atomic E-state index is 0.238. The van der Waals surface area contributed by atoms with Crippen LogP contribution in [0.15, 0.2) is 24.3 Å². The van der Waals surface area contributed by atoms with Gasteiger partial charge in [0.05, 0.1) is 5.60 Å². The maximum Gasteiger partial charge on any atom is 0.0766 e. The largest absolute Gasteiger partial charge is 0.389 e. The van der Waals surface area contributed by atoms with Crippen molar-refractivity contribution in [2.75, 3.05) is 38.6 Å². The molecule has 1 unspecified atom stereocenters. The van der Waals surface area contributed by atoms with E-state index >= 15 is 0 Å². The fourth-order valence-corrected chi connectivity index (χ4v) is 3.24. The van der Waals surface area contributed by atoms with E-state index in [0.717, 1.165) is 6.54 Å². The van der Waals surface area contributed by atoms with Crippen LogP contribution in [-0.2, 0) is 6.54 Å². The highest BCUT2D eigenvalue weighted by atomic mass is 16.3. The Kier molecular flexibility index (Phi) is 6.67. The van der Waals surface area contributed by atoms with Gasteiger partial charge >= 0.3 is 0 Å². The summed E-state index contributed by atoms with van der Waals surface area (Å²) in [5.74, 6) is 0.238. The van der Waals surface area contributed by atoms with Crippen LogP contribution in [0.3, 0.4) is 0 Å². The quantitative estimate of drug-likeness (QED) is 0.805. The predicted octanol–water partition coefficient (Wildman–Crippen LogP) is 2.71. The second-order valence-electron chi connectivity index (χ2n) is 7.89. The van der Waals surface area contributed by atoms with E-state index in [4.69, 9.17) is 0 Å². The van der Waals surface area contributed by atoms with Gasteiger partial charge in [0.15, 0.2) is 0 Å². The molecule has 1 saturated heterocycles. The highest BCUT2D eigenvalue weighted by molar-refractivity contribution is 5.54. The van der Waals surface area contributed by atoms with Crippen LogP contribution < -0.4 is 10.2 Å². The summed E-state index contributed by atoms with van der Waals surface area (Å²) in [5, 5.41) is 13.8. The van der Waals surface area contributed by atoms with Crippen molar-refractivity contribution < 1.29 is 5.11 Å². The Balaban J connectivity index is 1.99. The molecule has 1 aliphatic heterocycles. The average Bonchev–Trinajstić information content (AvgIpc) is 2.55. The lowest BCUT2D eigenvalue weighted by Crippen LogP contribution is -2.43. The first-order chi connectivity index (χ1) is 11.3. The summed E-state index contributed by atoms with van der Waals surface area (Å²) >= 11 is 0. The van der Waals surface area contributed by atoms with Crippen LogP contribution in [0.1, 0.15) is 39.2 Å². The van der Waals surface area contributed by atoms with E-state index in [1.165, 1.54) is 37.2 Å². The molecular formula is C20H35N3O. The van der Waals surface area contributed by atoms with Crippen molar-refractivity contribution in [1.29, 1.82) is 0 Å². The van der Waals surface area contributed by atoms with Gasteiger partial charge in [-0.3, -0.25) is 0 Å². The Bertz CT molecular complexity index is 507. The fraction of sp³-hybridized carbons (Fsp3) is 0.700. The minimum atomic E-state index is -0.672. The standard InChI is InChI=1S/C20H35N3O/c1-16(2)20(3,24)15-21-14-17-8-6-7-9-19(17)23(5)18-10-12-22(4)13-11-18/h6-9,16,18,21,24H,10-15H2,1-5H3. The molecule has 136 valence electrons. The van der Waals surface area contributed by atoms with E-state index in [2.05, 4.69) is 67.3 Å². The molecular weight excluding hydrogens is 298 g/mol. The summed E-state index contributed by atoms with van der Waals surface area (Å²) in [7, 11) is 4.42. The molecule has 0 bridgehead atoms. The van der Waals surface area contributed by atoms with E-state index in [9.17, 15) is 5.11 Å². The summed E-state index contributed by atoms with van der Waals surface area (Å²) in [6, 6.07) is 9.24. The summed E-state index contributed by atoms with van der Waals surface area (Å²) in [4.78, 5) is 4.86. The van der Waals surface area contributed by atoms with Gasteiger partial charge in [0.2, 0.25) is 0 Å². The number of piperidine rings is 1. The van der Waals surface area contributed by atoms with Crippen LogP contribution in [-0.4, -0.2) is 55.4 Å². The Hall–Kier alpha value is -1.10. The SMILES string of the molecule is CC(C)C(C)(O)CNCc1ccccc1N(C)C1CCN(C)CC1. The van der Waals surface area contributed by atoms with Gasteiger partial charge in [0.1, 0.15) is 0 Å². The number of nitrogens with one attached hydrogen (secondary N) is 1. The summed E-state index contributed by atoms with van der Waals surface area (Å²) in [5.41, 5.74) is 1.94. The van der Waals surface area contributed by atoms with Crippen molar-refractivity contribution in [3.05, 3.63) is 29.8 Å². The zero-order chi connectivity index (χ0) is 17.7. The lowest BCUT2D eigenvalue weighted by atomic mass is 9.92. The van der Waals surface area contributed by atoms with Crippen molar-refractivity contribution in [2.45, 2.75) is 51.8 Å². The molecule has 4 heteroatoms. The lowest BCUT2D eigenvalue weighted by molar-refractivity contribution is 0.0140. The Labute approximate surface area is 147 Å². The number of likely N-dealkylation sites (tertiary alicyclic amines) is 1. The molecule has 0 amide bonds. The van der Waals surface area contributed by atoms with Crippen LogP contribution in [0, 0.1) is 5.92 Å². The molecule has 0 aromatic heterocycles. The van der Waals surface area contributed by atoms with Crippen LogP contribution in [0.25, 0.3) is 0 Å². The fourth-order valence-electron chi connectivity index (χ4n) is 3.24. The highest BCUT2D eigenvalue weighted by Gasteiger charge is 2.25. The molecule has 2 N–H and O–H groups in total. The van der Waals surface area contributed by atoms with Crippen LogP contribution in [0.5, 0.6) is 0 Å². The minimum Gasteiger partial charge on any atom is -0.389 e. The number of rotatable bonds is 7. The Morgan fingerprint density at radius 2 is 1.92 bits per heavy atom. The van der Waals surface area contributed by atoms with Gasteiger partial charge in [0, 0.05) is 31.9 Å². The number of benzene rings is 1. The van der Waals surface area contributed by atoms with Crippen molar-refractivity contribution in [2.24, 2.45) is 5.92 Å². The molecule has 1 heterocycles. The molecule has 1 aromatic rings. The van der Waals surface area contributed by atoms with Gasteiger partial charge in [-0.25, -0.2) is 0 Å². The lowest BCUT2D eigenvalue weighted by Gasteiger charge is -2.37. The number of aliphatic hydroxyl groups is 1. The zero-order valence-electron chi connectivity index (χ0n) is 16.0. The number of hydrogen-bond acceptors (Lipinski definition) is 4. The molecule has 1 aromatic carbocycles. The van der Waals surface area contributed by atoms with E-state index in [1.807, 2.05) is 6.92 Å². The van der Waals surface area contributed by atoms with Crippen molar-refractivity contribution >= 4 is 5.69 Å². The van der Waals surface area contributed by atoms with Gasteiger partial charge in [-0.2, -0.15) is 0 Å². The van der Waals surface area contributed by atoms with Crippen LogP contribution >= 0.6 is 0 Å². The molecule has 0 saturated carbocycles. The number of para-hydroxylation sites is 1. The van der Waals surface area contributed by atoms with Gasteiger partial charge < -0.3 is 20.2 Å².